The maximum Gasteiger partial charge on any atom is 0.123 e. The molecule has 0 spiro atoms. The summed E-state index contributed by atoms with van der Waals surface area (Å²) in [6, 6.07) is 4.93. The Morgan fingerprint density at radius 3 is 3.10 bits per heavy atom. The van der Waals surface area contributed by atoms with E-state index in [0.29, 0.717) is 5.15 Å². The minimum absolute atomic E-state index is 0.205. The largest absolute Gasteiger partial charge is 0.395 e. The van der Waals surface area contributed by atoms with Gasteiger partial charge in [-0.05, 0) is 49.6 Å². The molecule has 0 aliphatic carbocycles. The van der Waals surface area contributed by atoms with Crippen molar-refractivity contribution in [2.24, 2.45) is 0 Å². The number of fused-ring (bicyclic) bond motifs is 1. The lowest BCUT2D eigenvalue weighted by molar-refractivity contribution is 0.160. The highest BCUT2D eigenvalue weighted by Gasteiger charge is 2.23. The van der Waals surface area contributed by atoms with Gasteiger partial charge < -0.3 is 10.1 Å². The van der Waals surface area contributed by atoms with Crippen molar-refractivity contribution in [2.45, 2.75) is 25.3 Å². The van der Waals surface area contributed by atoms with Gasteiger partial charge in [-0.15, -0.1) is 0 Å². The number of hydrogen-bond acceptors (Lipinski definition) is 2. The van der Waals surface area contributed by atoms with Gasteiger partial charge in [0.25, 0.3) is 0 Å². The van der Waals surface area contributed by atoms with Gasteiger partial charge in [0.15, 0.2) is 0 Å². The van der Waals surface area contributed by atoms with Crippen molar-refractivity contribution in [1.82, 2.24) is 9.88 Å². The second-order valence-corrected chi connectivity index (χ2v) is 5.75. The lowest BCUT2D eigenvalue weighted by atomic mass is 10.1. The first-order valence-electron chi connectivity index (χ1n) is 6.99. The molecular weight excluding hydrogens is 279 g/mol. The molecule has 1 aromatic heterocycles. The number of aliphatic hydroxyl groups excluding tert-OH is 1. The molecule has 1 aliphatic rings. The summed E-state index contributed by atoms with van der Waals surface area (Å²) in [5.74, 6) is -0.246. The van der Waals surface area contributed by atoms with Gasteiger partial charge in [0.1, 0.15) is 11.0 Å². The molecule has 2 aromatic rings. The third-order valence-corrected chi connectivity index (χ3v) is 4.50. The number of rotatable bonds is 4. The molecule has 2 N–H and O–H groups in total. The van der Waals surface area contributed by atoms with E-state index in [-0.39, 0.29) is 18.5 Å². The highest BCUT2D eigenvalue weighted by atomic mass is 35.5. The highest BCUT2D eigenvalue weighted by molar-refractivity contribution is 6.31. The van der Waals surface area contributed by atoms with Crippen LogP contribution in [0.5, 0.6) is 0 Å². The third-order valence-electron chi connectivity index (χ3n) is 4.17. The molecule has 0 bridgehead atoms. The number of nitrogens with zero attached hydrogens (tertiary/aromatic N) is 1. The van der Waals surface area contributed by atoms with Crippen molar-refractivity contribution >= 4 is 22.5 Å². The van der Waals surface area contributed by atoms with Crippen LogP contribution in [0.2, 0.25) is 5.15 Å². The van der Waals surface area contributed by atoms with E-state index in [1.165, 1.54) is 12.1 Å². The van der Waals surface area contributed by atoms with E-state index in [9.17, 15) is 9.50 Å². The Hall–Kier alpha value is -1.10. The van der Waals surface area contributed by atoms with Crippen LogP contribution in [-0.2, 0) is 6.42 Å². The molecule has 108 valence electrons. The van der Waals surface area contributed by atoms with E-state index < -0.39 is 0 Å². The maximum absolute atomic E-state index is 13.4. The van der Waals surface area contributed by atoms with Crippen LogP contribution in [0.25, 0.3) is 10.9 Å². The number of aromatic nitrogens is 1. The van der Waals surface area contributed by atoms with E-state index >= 15 is 0 Å². The first-order valence-corrected chi connectivity index (χ1v) is 7.37. The quantitative estimate of drug-likeness (QED) is 0.910. The van der Waals surface area contributed by atoms with Gasteiger partial charge in [0.05, 0.1) is 6.61 Å². The van der Waals surface area contributed by atoms with Gasteiger partial charge in [0.2, 0.25) is 0 Å². The van der Waals surface area contributed by atoms with E-state index in [4.69, 9.17) is 11.6 Å². The second-order valence-electron chi connectivity index (χ2n) is 5.37. The molecule has 1 aliphatic heterocycles. The molecular formula is C15H18ClFN2O. The molecule has 1 fully saturated rings. The van der Waals surface area contributed by atoms with Gasteiger partial charge >= 0.3 is 0 Å². The first kappa shape index (κ1) is 13.9. The molecule has 20 heavy (non-hydrogen) atoms. The zero-order valence-corrected chi connectivity index (χ0v) is 12.0. The molecule has 1 unspecified atom stereocenters. The molecule has 1 atom stereocenters. The zero-order chi connectivity index (χ0) is 14.1. The summed E-state index contributed by atoms with van der Waals surface area (Å²) < 4.78 is 13.4. The molecule has 0 radical (unpaired) electrons. The summed E-state index contributed by atoms with van der Waals surface area (Å²) in [5, 5.41) is 10.8. The number of aliphatic hydroxyl groups is 1. The predicted octanol–water partition coefficient (Wildman–Crippen LogP) is 2.96. The van der Waals surface area contributed by atoms with Crippen LogP contribution in [0.1, 0.15) is 18.4 Å². The van der Waals surface area contributed by atoms with Crippen LogP contribution in [-0.4, -0.2) is 40.7 Å². The van der Waals surface area contributed by atoms with Gasteiger partial charge in [-0.25, -0.2) is 4.39 Å². The maximum atomic E-state index is 13.4. The fourth-order valence-corrected chi connectivity index (χ4v) is 3.38. The van der Waals surface area contributed by atoms with Gasteiger partial charge in [-0.2, -0.15) is 0 Å². The summed E-state index contributed by atoms with van der Waals surface area (Å²) in [5.41, 5.74) is 1.83. The average molecular weight is 297 g/mol. The molecule has 0 saturated carbocycles. The number of benzene rings is 1. The number of halogens is 2. The Kier molecular flexibility index (Phi) is 3.96. The molecule has 0 amide bonds. The molecule has 3 nitrogen and oxygen atoms in total. The highest BCUT2D eigenvalue weighted by Crippen LogP contribution is 2.28. The molecule has 1 aromatic carbocycles. The number of hydrogen-bond donors (Lipinski definition) is 2. The van der Waals surface area contributed by atoms with Crippen LogP contribution in [0.15, 0.2) is 18.2 Å². The Bertz CT molecular complexity index is 613. The molecule has 5 heteroatoms. The Morgan fingerprint density at radius 2 is 2.30 bits per heavy atom. The molecule has 1 saturated heterocycles. The fourth-order valence-electron chi connectivity index (χ4n) is 3.08. The summed E-state index contributed by atoms with van der Waals surface area (Å²) in [6.07, 6.45) is 2.94. The summed E-state index contributed by atoms with van der Waals surface area (Å²) in [4.78, 5) is 5.37. The fraction of sp³-hybridized carbons (Fsp3) is 0.467. The van der Waals surface area contributed by atoms with Crippen LogP contribution in [0, 0.1) is 5.82 Å². The van der Waals surface area contributed by atoms with E-state index in [0.717, 1.165) is 48.8 Å². The molecule has 3 rings (SSSR count). The summed E-state index contributed by atoms with van der Waals surface area (Å²) in [6.45, 7) is 2.06. The van der Waals surface area contributed by atoms with E-state index in [1.807, 2.05) is 0 Å². The standard InChI is InChI=1S/C15H18ClFN2O/c16-15-12(5-7-19-6-1-2-11(19)9-20)13-8-10(17)3-4-14(13)18-15/h3-4,8,11,18,20H,1-2,5-7,9H2. The normalized spacial score (nSPS) is 20.1. The number of H-pyrrole nitrogens is 1. The van der Waals surface area contributed by atoms with Crippen molar-refractivity contribution in [3.63, 3.8) is 0 Å². The van der Waals surface area contributed by atoms with Crippen molar-refractivity contribution in [1.29, 1.82) is 0 Å². The summed E-state index contributed by atoms with van der Waals surface area (Å²) in [7, 11) is 0. The first-order chi connectivity index (χ1) is 9.69. The number of likely N-dealkylation sites (tertiary alicyclic amines) is 1. The van der Waals surface area contributed by atoms with Gasteiger partial charge in [-0.1, -0.05) is 11.6 Å². The van der Waals surface area contributed by atoms with Gasteiger partial charge in [-0.3, -0.25) is 4.90 Å². The lowest BCUT2D eigenvalue weighted by Gasteiger charge is -2.22. The van der Waals surface area contributed by atoms with Crippen molar-refractivity contribution in [3.05, 3.63) is 34.7 Å². The van der Waals surface area contributed by atoms with Gasteiger partial charge in [0, 0.05) is 23.5 Å². The third kappa shape index (κ3) is 2.55. The van der Waals surface area contributed by atoms with Crippen molar-refractivity contribution in [3.8, 4) is 0 Å². The van der Waals surface area contributed by atoms with Crippen LogP contribution in [0.4, 0.5) is 4.39 Å². The van der Waals surface area contributed by atoms with E-state index in [1.54, 1.807) is 6.07 Å². The van der Waals surface area contributed by atoms with Crippen molar-refractivity contribution < 1.29 is 9.50 Å². The SMILES string of the molecule is OCC1CCCN1CCc1c(Cl)[nH]c2ccc(F)cc12. The Morgan fingerprint density at radius 1 is 1.45 bits per heavy atom. The monoisotopic (exact) mass is 296 g/mol. The van der Waals surface area contributed by atoms with Crippen LogP contribution < -0.4 is 0 Å². The lowest BCUT2D eigenvalue weighted by Crippen LogP contribution is -2.33. The smallest absolute Gasteiger partial charge is 0.123 e. The number of aromatic amines is 1. The van der Waals surface area contributed by atoms with Crippen molar-refractivity contribution in [2.75, 3.05) is 19.7 Å². The predicted molar refractivity (Wildman–Crippen MR) is 78.7 cm³/mol. The van der Waals surface area contributed by atoms with Crippen LogP contribution >= 0.6 is 11.6 Å². The van der Waals surface area contributed by atoms with Crippen LogP contribution in [0.3, 0.4) is 0 Å². The van der Waals surface area contributed by atoms with E-state index in [2.05, 4.69) is 9.88 Å². The Labute approximate surface area is 122 Å². The zero-order valence-electron chi connectivity index (χ0n) is 11.2. The second kappa shape index (κ2) is 5.72. The number of nitrogens with one attached hydrogen (secondary N) is 1. The molecule has 2 heterocycles. The minimum Gasteiger partial charge on any atom is -0.395 e. The Balaban J connectivity index is 1.80. The summed E-state index contributed by atoms with van der Waals surface area (Å²) >= 11 is 6.23. The minimum atomic E-state index is -0.246. The average Bonchev–Trinajstić information content (AvgIpc) is 3.00. The topological polar surface area (TPSA) is 39.3 Å².